The Labute approximate surface area is 192 Å². The fourth-order valence-corrected chi connectivity index (χ4v) is 4.54. The molecule has 0 radical (unpaired) electrons. The standard InChI is InChI=1S/C24H30ClF2N3O2/c1-23(26,27)24(8-9-24)19(17-6-10-28-11-7-17)14-22(32)29-15-18(30(2)3)12-16-4-5-21(31)20(25)13-16/h4-7,10-11,13,18-19,31H,8-9,12,14-15H2,1-3H3,(H,29,32)/t18-,19-/m0/s1. The third-order valence-corrected chi connectivity index (χ3v) is 6.88. The van der Waals surface area contributed by atoms with Crippen LogP contribution in [0.15, 0.2) is 42.7 Å². The fraction of sp³-hybridized carbons (Fsp3) is 0.500. The summed E-state index contributed by atoms with van der Waals surface area (Å²) in [5.74, 6) is -3.67. The van der Waals surface area contributed by atoms with E-state index in [0.717, 1.165) is 18.1 Å². The van der Waals surface area contributed by atoms with Crippen molar-refractivity contribution >= 4 is 17.5 Å². The van der Waals surface area contributed by atoms with E-state index < -0.39 is 17.3 Å². The molecule has 0 spiro atoms. The molecule has 2 atom stereocenters. The number of alkyl halides is 2. The molecule has 2 aromatic rings. The van der Waals surface area contributed by atoms with E-state index in [4.69, 9.17) is 11.6 Å². The van der Waals surface area contributed by atoms with E-state index in [1.54, 1.807) is 42.7 Å². The van der Waals surface area contributed by atoms with Gasteiger partial charge in [-0.1, -0.05) is 17.7 Å². The number of aromatic nitrogens is 1. The molecule has 1 amide bonds. The summed E-state index contributed by atoms with van der Waals surface area (Å²) in [7, 11) is 3.82. The number of phenols is 1. The average molecular weight is 466 g/mol. The van der Waals surface area contributed by atoms with Gasteiger partial charge in [-0.3, -0.25) is 9.78 Å². The Kier molecular flexibility index (Phi) is 7.40. The van der Waals surface area contributed by atoms with Gasteiger partial charge in [-0.05, 0) is 75.7 Å². The van der Waals surface area contributed by atoms with Crippen molar-refractivity contribution in [3.05, 3.63) is 58.9 Å². The highest BCUT2D eigenvalue weighted by Gasteiger charge is 2.63. The van der Waals surface area contributed by atoms with Gasteiger partial charge < -0.3 is 15.3 Å². The number of nitrogens with zero attached hydrogens (tertiary/aromatic N) is 2. The monoisotopic (exact) mass is 465 g/mol. The molecule has 32 heavy (non-hydrogen) atoms. The van der Waals surface area contributed by atoms with Crippen LogP contribution in [0.3, 0.4) is 0 Å². The molecule has 1 aliphatic rings. The summed E-state index contributed by atoms with van der Waals surface area (Å²) in [6.45, 7) is 1.32. The van der Waals surface area contributed by atoms with Crippen LogP contribution in [-0.2, 0) is 11.2 Å². The fourth-order valence-electron chi connectivity index (χ4n) is 4.33. The molecule has 0 bridgehead atoms. The molecule has 174 valence electrons. The smallest absolute Gasteiger partial charge is 0.251 e. The maximum atomic E-state index is 14.5. The number of hydrogen-bond donors (Lipinski definition) is 2. The van der Waals surface area contributed by atoms with Crippen molar-refractivity contribution in [2.24, 2.45) is 5.41 Å². The summed E-state index contributed by atoms with van der Waals surface area (Å²) >= 11 is 6.01. The topological polar surface area (TPSA) is 65.5 Å². The molecule has 1 fully saturated rings. The van der Waals surface area contributed by atoms with Crippen molar-refractivity contribution in [1.82, 2.24) is 15.2 Å². The first kappa shape index (κ1) is 24.4. The molecule has 8 heteroatoms. The third kappa shape index (κ3) is 5.56. The van der Waals surface area contributed by atoms with Gasteiger partial charge in [0.25, 0.3) is 5.92 Å². The molecule has 2 N–H and O–H groups in total. The first-order chi connectivity index (χ1) is 15.0. The Balaban J connectivity index is 1.68. The van der Waals surface area contributed by atoms with Crippen LogP contribution in [0.1, 0.15) is 43.2 Å². The number of amides is 1. The van der Waals surface area contributed by atoms with Gasteiger partial charge in [0.15, 0.2) is 0 Å². The molecule has 1 heterocycles. The number of carbonyl (C=O) groups excluding carboxylic acids is 1. The van der Waals surface area contributed by atoms with Crippen molar-refractivity contribution in [3.8, 4) is 5.75 Å². The van der Waals surface area contributed by atoms with Crippen LogP contribution in [0.25, 0.3) is 0 Å². The molecule has 0 saturated heterocycles. The molecule has 0 unspecified atom stereocenters. The first-order valence-electron chi connectivity index (χ1n) is 10.7. The lowest BCUT2D eigenvalue weighted by atomic mass is 9.77. The maximum absolute atomic E-state index is 14.5. The molecule has 1 aromatic carbocycles. The number of likely N-dealkylation sites (N-methyl/N-ethyl adjacent to an activating group) is 1. The highest BCUT2D eigenvalue weighted by atomic mass is 35.5. The molecule has 3 rings (SSSR count). The molecule has 0 aliphatic heterocycles. The number of carbonyl (C=O) groups is 1. The van der Waals surface area contributed by atoms with Gasteiger partial charge >= 0.3 is 0 Å². The second kappa shape index (κ2) is 9.71. The second-order valence-electron chi connectivity index (χ2n) is 8.99. The van der Waals surface area contributed by atoms with Crippen LogP contribution in [-0.4, -0.2) is 53.5 Å². The van der Waals surface area contributed by atoms with E-state index in [-0.39, 0.29) is 29.1 Å². The van der Waals surface area contributed by atoms with Gasteiger partial charge in [0.1, 0.15) is 5.75 Å². The van der Waals surface area contributed by atoms with Crippen molar-refractivity contribution in [2.75, 3.05) is 20.6 Å². The van der Waals surface area contributed by atoms with Crippen molar-refractivity contribution in [2.45, 2.75) is 50.5 Å². The third-order valence-electron chi connectivity index (χ3n) is 6.58. The lowest BCUT2D eigenvalue weighted by Gasteiger charge is -2.32. The van der Waals surface area contributed by atoms with Crippen LogP contribution < -0.4 is 5.32 Å². The quantitative estimate of drug-likeness (QED) is 0.536. The molecule has 1 aliphatic carbocycles. The summed E-state index contributed by atoms with van der Waals surface area (Å²) in [5, 5.41) is 12.8. The van der Waals surface area contributed by atoms with Crippen molar-refractivity contribution in [1.29, 1.82) is 0 Å². The SMILES string of the molecule is CN(C)[C@H](CNC(=O)C[C@@H](c1ccncc1)C1(C(C)(F)F)CC1)Cc1ccc(O)c(Cl)c1. The lowest BCUT2D eigenvalue weighted by Crippen LogP contribution is -2.43. The number of hydrogen-bond acceptors (Lipinski definition) is 4. The van der Waals surface area contributed by atoms with Gasteiger partial charge in [-0.25, -0.2) is 8.78 Å². The van der Waals surface area contributed by atoms with E-state index in [1.807, 2.05) is 19.0 Å². The van der Waals surface area contributed by atoms with Gasteiger partial charge in [0.2, 0.25) is 5.91 Å². The molecular weight excluding hydrogens is 436 g/mol. The zero-order valence-corrected chi connectivity index (χ0v) is 19.4. The van der Waals surface area contributed by atoms with Gasteiger partial charge in [0, 0.05) is 42.7 Å². The van der Waals surface area contributed by atoms with Crippen molar-refractivity contribution < 1.29 is 18.7 Å². The number of phenolic OH excluding ortho intramolecular Hbond substituents is 1. The van der Waals surface area contributed by atoms with E-state index >= 15 is 0 Å². The minimum Gasteiger partial charge on any atom is -0.506 e. The van der Waals surface area contributed by atoms with Gasteiger partial charge in [-0.2, -0.15) is 0 Å². The summed E-state index contributed by atoms with van der Waals surface area (Å²) in [4.78, 5) is 18.8. The Morgan fingerprint density at radius 1 is 1.28 bits per heavy atom. The Bertz CT molecular complexity index is 931. The van der Waals surface area contributed by atoms with Gasteiger partial charge in [-0.15, -0.1) is 0 Å². The highest BCUT2D eigenvalue weighted by molar-refractivity contribution is 6.32. The average Bonchev–Trinajstić information content (AvgIpc) is 3.54. The Hall–Kier alpha value is -2.25. The predicted octanol–water partition coefficient (Wildman–Crippen LogP) is 4.64. The zero-order chi connectivity index (χ0) is 23.5. The molecule has 5 nitrogen and oxygen atoms in total. The minimum absolute atomic E-state index is 0.00136. The summed E-state index contributed by atoms with van der Waals surface area (Å²) in [6, 6.07) is 8.46. The number of benzene rings is 1. The number of rotatable bonds is 10. The largest absolute Gasteiger partial charge is 0.506 e. The minimum atomic E-state index is -2.87. The summed E-state index contributed by atoms with van der Waals surface area (Å²) < 4.78 is 29.0. The number of pyridine rings is 1. The van der Waals surface area contributed by atoms with E-state index in [1.165, 1.54) is 0 Å². The molecule has 1 aromatic heterocycles. The number of halogens is 3. The summed E-state index contributed by atoms with van der Waals surface area (Å²) in [5.41, 5.74) is 0.463. The molecule has 1 saturated carbocycles. The van der Waals surface area contributed by atoms with Crippen LogP contribution in [0.5, 0.6) is 5.75 Å². The van der Waals surface area contributed by atoms with Gasteiger partial charge in [0.05, 0.1) is 5.02 Å². The highest BCUT2D eigenvalue weighted by Crippen LogP contribution is 2.65. The van der Waals surface area contributed by atoms with E-state index in [2.05, 4.69) is 10.3 Å². The number of aromatic hydroxyl groups is 1. The van der Waals surface area contributed by atoms with Crippen LogP contribution >= 0.6 is 11.6 Å². The van der Waals surface area contributed by atoms with Crippen LogP contribution in [0.4, 0.5) is 8.78 Å². The Morgan fingerprint density at radius 2 is 1.94 bits per heavy atom. The first-order valence-corrected chi connectivity index (χ1v) is 11.1. The van der Waals surface area contributed by atoms with Crippen molar-refractivity contribution in [3.63, 3.8) is 0 Å². The van der Waals surface area contributed by atoms with Crippen LogP contribution in [0.2, 0.25) is 5.02 Å². The summed E-state index contributed by atoms with van der Waals surface area (Å²) in [6.07, 6.45) is 4.57. The maximum Gasteiger partial charge on any atom is 0.251 e. The normalized spacial score (nSPS) is 17.1. The predicted molar refractivity (Wildman–Crippen MR) is 121 cm³/mol. The zero-order valence-electron chi connectivity index (χ0n) is 18.6. The lowest BCUT2D eigenvalue weighted by molar-refractivity contribution is -0.123. The van der Waals surface area contributed by atoms with E-state index in [9.17, 15) is 18.7 Å². The van der Waals surface area contributed by atoms with Crippen LogP contribution in [0, 0.1) is 5.41 Å². The Morgan fingerprint density at radius 3 is 2.47 bits per heavy atom. The van der Waals surface area contributed by atoms with E-state index in [0.29, 0.717) is 25.8 Å². The second-order valence-corrected chi connectivity index (χ2v) is 9.40. The molecular formula is C24H30ClF2N3O2. The number of nitrogens with one attached hydrogen (secondary N) is 1.